The lowest BCUT2D eigenvalue weighted by Crippen LogP contribution is -2.43. The summed E-state index contributed by atoms with van der Waals surface area (Å²) in [6.45, 7) is 12.1. The van der Waals surface area contributed by atoms with Crippen molar-refractivity contribution in [2.24, 2.45) is 11.8 Å². The highest BCUT2D eigenvalue weighted by Crippen LogP contribution is 2.29. The summed E-state index contributed by atoms with van der Waals surface area (Å²) in [5, 5.41) is 6.94. The number of methoxy groups -OCH3 is 2. The number of nitrogens with zero attached hydrogens (tertiary/aromatic N) is 1. The zero-order valence-corrected chi connectivity index (χ0v) is 19.2. The molecule has 1 amide bonds. The van der Waals surface area contributed by atoms with Crippen LogP contribution in [0.4, 0.5) is 0 Å². The Morgan fingerprint density at radius 2 is 1.97 bits per heavy atom. The Kier molecular flexibility index (Phi) is 10.4. The molecule has 2 rings (SSSR count). The van der Waals surface area contributed by atoms with Crippen molar-refractivity contribution in [3.63, 3.8) is 0 Å². The van der Waals surface area contributed by atoms with Crippen molar-refractivity contribution < 1.29 is 19.0 Å². The predicted molar refractivity (Wildman–Crippen MR) is 120 cm³/mol. The van der Waals surface area contributed by atoms with Crippen molar-refractivity contribution in [3.05, 3.63) is 23.8 Å². The van der Waals surface area contributed by atoms with Crippen LogP contribution < -0.4 is 20.1 Å². The lowest BCUT2D eigenvalue weighted by atomic mass is 9.94. The number of amides is 1. The largest absolute Gasteiger partial charge is 0.493 e. The fraction of sp³-hybridized carbons (Fsp3) is 0.696. The van der Waals surface area contributed by atoms with E-state index in [4.69, 9.17) is 14.2 Å². The Balaban J connectivity index is 2.12. The van der Waals surface area contributed by atoms with Crippen LogP contribution >= 0.6 is 0 Å². The molecule has 2 N–H and O–H groups in total. The second-order valence-electron chi connectivity index (χ2n) is 8.10. The molecule has 0 unspecified atom stereocenters. The topological polar surface area (TPSA) is 72.1 Å². The molecular weight excluding hydrogens is 382 g/mol. The summed E-state index contributed by atoms with van der Waals surface area (Å²) in [6.07, 6.45) is 0.776. The van der Waals surface area contributed by atoms with Gasteiger partial charge in [-0.2, -0.15) is 0 Å². The summed E-state index contributed by atoms with van der Waals surface area (Å²) in [6, 6.07) is 5.54. The van der Waals surface area contributed by atoms with E-state index in [0.717, 1.165) is 39.1 Å². The Bertz CT molecular complexity index is 653. The zero-order valence-electron chi connectivity index (χ0n) is 19.2. The van der Waals surface area contributed by atoms with Crippen LogP contribution in [0.5, 0.6) is 11.5 Å². The number of carbonyl (C=O) groups excluding carboxylic acids is 1. The fourth-order valence-corrected chi connectivity index (χ4v) is 3.82. The third-order valence-corrected chi connectivity index (χ3v) is 5.61. The molecule has 1 fully saturated rings. The average molecular weight is 422 g/mol. The van der Waals surface area contributed by atoms with E-state index < -0.39 is 0 Å². The molecule has 2 atom stereocenters. The van der Waals surface area contributed by atoms with E-state index >= 15 is 0 Å². The first-order chi connectivity index (χ1) is 14.5. The Labute approximate surface area is 181 Å². The van der Waals surface area contributed by atoms with Crippen molar-refractivity contribution in [3.8, 4) is 11.5 Å². The molecule has 0 radical (unpaired) electrons. The van der Waals surface area contributed by atoms with E-state index in [1.165, 1.54) is 0 Å². The molecule has 0 bridgehead atoms. The predicted octanol–water partition coefficient (Wildman–Crippen LogP) is 2.41. The molecule has 1 aromatic rings. The van der Waals surface area contributed by atoms with Gasteiger partial charge >= 0.3 is 0 Å². The van der Waals surface area contributed by atoms with Gasteiger partial charge in [-0.3, -0.25) is 4.79 Å². The van der Waals surface area contributed by atoms with Crippen molar-refractivity contribution in [2.45, 2.75) is 33.2 Å². The first kappa shape index (κ1) is 24.4. The van der Waals surface area contributed by atoms with Crippen LogP contribution in [-0.4, -0.2) is 77.0 Å². The highest BCUT2D eigenvalue weighted by Gasteiger charge is 2.31. The van der Waals surface area contributed by atoms with Crippen molar-refractivity contribution in [2.75, 3.05) is 60.2 Å². The van der Waals surface area contributed by atoms with Gasteiger partial charge < -0.3 is 29.7 Å². The van der Waals surface area contributed by atoms with Crippen molar-refractivity contribution in [1.82, 2.24) is 15.5 Å². The number of hydrogen-bond acceptors (Lipinski definition) is 6. The molecule has 1 heterocycles. The van der Waals surface area contributed by atoms with E-state index in [9.17, 15) is 4.79 Å². The van der Waals surface area contributed by atoms with Crippen LogP contribution in [0.3, 0.4) is 0 Å². The van der Waals surface area contributed by atoms with Crippen molar-refractivity contribution >= 4 is 5.91 Å². The van der Waals surface area contributed by atoms with Gasteiger partial charge in [0.05, 0.1) is 13.7 Å². The van der Waals surface area contributed by atoms with Crippen LogP contribution in [-0.2, 0) is 4.74 Å². The molecule has 170 valence electrons. The van der Waals surface area contributed by atoms with Gasteiger partial charge in [0.2, 0.25) is 0 Å². The maximum atomic E-state index is 13.4. The van der Waals surface area contributed by atoms with Crippen molar-refractivity contribution in [1.29, 1.82) is 0 Å². The average Bonchev–Trinajstić information content (AvgIpc) is 3.19. The molecule has 7 nitrogen and oxygen atoms in total. The smallest absolute Gasteiger partial charge is 0.254 e. The second-order valence-corrected chi connectivity index (χ2v) is 8.10. The molecule has 1 saturated heterocycles. The third kappa shape index (κ3) is 6.86. The van der Waals surface area contributed by atoms with Gasteiger partial charge in [-0.15, -0.1) is 0 Å². The van der Waals surface area contributed by atoms with E-state index in [1.807, 2.05) is 17.0 Å². The zero-order chi connectivity index (χ0) is 21.9. The highest BCUT2D eigenvalue weighted by atomic mass is 16.5. The van der Waals surface area contributed by atoms with E-state index in [-0.39, 0.29) is 11.9 Å². The summed E-state index contributed by atoms with van der Waals surface area (Å²) in [5.41, 5.74) is 0.625. The summed E-state index contributed by atoms with van der Waals surface area (Å²) in [4.78, 5) is 15.4. The number of hydrogen-bond donors (Lipinski definition) is 2. The van der Waals surface area contributed by atoms with Gasteiger partial charge in [0.1, 0.15) is 0 Å². The third-order valence-electron chi connectivity index (χ3n) is 5.61. The molecule has 0 aliphatic carbocycles. The number of rotatable bonds is 13. The molecule has 1 aliphatic heterocycles. The second kappa shape index (κ2) is 12.8. The number of ether oxygens (including phenoxy) is 3. The molecule has 1 aliphatic rings. The van der Waals surface area contributed by atoms with Gasteiger partial charge in [0, 0.05) is 44.8 Å². The number of carbonyl (C=O) groups is 1. The lowest BCUT2D eigenvalue weighted by Gasteiger charge is -2.31. The molecule has 30 heavy (non-hydrogen) atoms. The minimum absolute atomic E-state index is 0.0310. The van der Waals surface area contributed by atoms with Gasteiger partial charge in [-0.05, 0) is 63.5 Å². The number of nitrogens with one attached hydrogen (secondary N) is 2. The fourth-order valence-electron chi connectivity index (χ4n) is 3.82. The molecule has 0 spiro atoms. The van der Waals surface area contributed by atoms with Gasteiger partial charge in [0.25, 0.3) is 5.91 Å². The first-order valence-electron chi connectivity index (χ1n) is 11.0. The summed E-state index contributed by atoms with van der Waals surface area (Å²) < 4.78 is 16.3. The Hall–Kier alpha value is -1.83. The van der Waals surface area contributed by atoms with Crippen LogP contribution in [0.25, 0.3) is 0 Å². The Morgan fingerprint density at radius 1 is 1.20 bits per heavy atom. The summed E-state index contributed by atoms with van der Waals surface area (Å²) >= 11 is 0. The summed E-state index contributed by atoms with van der Waals surface area (Å²) in [5.74, 6) is 2.23. The molecule has 7 heteroatoms. The van der Waals surface area contributed by atoms with Crippen LogP contribution in [0.1, 0.15) is 37.6 Å². The number of benzene rings is 1. The highest BCUT2D eigenvalue weighted by molar-refractivity contribution is 5.95. The SMILES string of the molecule is CCNC[C@@H]1CNC[C@H]1CN(C(=O)c1ccc(OC)c(OCCCOC)c1)C(C)C. The van der Waals surface area contributed by atoms with E-state index in [2.05, 4.69) is 31.4 Å². The quantitative estimate of drug-likeness (QED) is 0.477. The maximum Gasteiger partial charge on any atom is 0.254 e. The summed E-state index contributed by atoms with van der Waals surface area (Å²) in [7, 11) is 3.28. The normalized spacial score (nSPS) is 18.6. The molecule has 0 aromatic heterocycles. The van der Waals surface area contributed by atoms with E-state index in [1.54, 1.807) is 20.3 Å². The minimum Gasteiger partial charge on any atom is -0.493 e. The van der Waals surface area contributed by atoms with Gasteiger partial charge in [-0.25, -0.2) is 0 Å². The molecule has 1 aromatic carbocycles. The monoisotopic (exact) mass is 421 g/mol. The van der Waals surface area contributed by atoms with Gasteiger partial charge in [0.15, 0.2) is 11.5 Å². The van der Waals surface area contributed by atoms with E-state index in [0.29, 0.717) is 42.1 Å². The standard InChI is InChI=1S/C23H39N3O4/c1-6-24-13-19-14-25-15-20(19)16-26(17(2)3)23(27)18-8-9-21(29-5)22(12-18)30-11-7-10-28-4/h8-9,12,17,19-20,24-25H,6-7,10-11,13-16H2,1-5H3/t19-,20+/m1/s1. The first-order valence-corrected chi connectivity index (χ1v) is 11.0. The van der Waals surface area contributed by atoms with Crippen LogP contribution in [0.2, 0.25) is 0 Å². The molecular formula is C23H39N3O4. The Morgan fingerprint density at radius 3 is 2.63 bits per heavy atom. The maximum absolute atomic E-state index is 13.4. The van der Waals surface area contributed by atoms with Gasteiger partial charge in [-0.1, -0.05) is 6.92 Å². The minimum atomic E-state index is 0.0310. The van der Waals surface area contributed by atoms with Crippen LogP contribution in [0.15, 0.2) is 18.2 Å². The van der Waals surface area contributed by atoms with Crippen LogP contribution in [0, 0.1) is 11.8 Å². The lowest BCUT2D eigenvalue weighted by molar-refractivity contribution is 0.0661. The molecule has 0 saturated carbocycles.